The molecule has 0 spiro atoms. The van der Waals surface area contributed by atoms with Crippen LogP contribution in [-0.4, -0.2) is 21.4 Å². The van der Waals surface area contributed by atoms with E-state index in [0.717, 1.165) is 0 Å². The average Bonchev–Trinajstić information content (AvgIpc) is 2.47. The lowest BCUT2D eigenvalue weighted by molar-refractivity contribution is -0.116. The van der Waals surface area contributed by atoms with Crippen LogP contribution in [0.3, 0.4) is 0 Å². The molecule has 7 heteroatoms. The standard InChI is InChI=1S/C15H15BrN2O3S/c1-11(19)18(2)13-9-7-12(8-10-13)17-22(20,21)15-6-4-3-5-14(15)16/h3-10,17H,1-2H3. The highest BCUT2D eigenvalue weighted by Gasteiger charge is 2.17. The molecule has 0 aliphatic rings. The highest BCUT2D eigenvalue weighted by molar-refractivity contribution is 9.10. The molecule has 2 rings (SSSR count). The lowest BCUT2D eigenvalue weighted by Gasteiger charge is -2.15. The first kappa shape index (κ1) is 16.5. The molecule has 0 aromatic heterocycles. The molecular weight excluding hydrogens is 368 g/mol. The van der Waals surface area contributed by atoms with Crippen molar-refractivity contribution in [2.45, 2.75) is 11.8 Å². The third kappa shape index (κ3) is 3.66. The Balaban J connectivity index is 2.24. The summed E-state index contributed by atoms with van der Waals surface area (Å²) in [5, 5.41) is 0. The van der Waals surface area contributed by atoms with Crippen LogP contribution < -0.4 is 9.62 Å². The number of carbonyl (C=O) groups excluding carboxylic acids is 1. The second kappa shape index (κ2) is 6.50. The first-order valence-corrected chi connectivity index (χ1v) is 8.70. The van der Waals surface area contributed by atoms with Crippen LogP contribution in [0.4, 0.5) is 11.4 Å². The van der Waals surface area contributed by atoms with Crippen molar-refractivity contribution in [2.24, 2.45) is 0 Å². The SMILES string of the molecule is CC(=O)N(C)c1ccc(NS(=O)(=O)c2ccccc2Br)cc1. The fourth-order valence-electron chi connectivity index (χ4n) is 1.81. The molecule has 2 aromatic rings. The topological polar surface area (TPSA) is 66.5 Å². The van der Waals surface area contributed by atoms with Gasteiger partial charge in [-0.25, -0.2) is 8.42 Å². The average molecular weight is 383 g/mol. The number of benzene rings is 2. The predicted octanol–water partition coefficient (Wildman–Crippen LogP) is 3.23. The van der Waals surface area contributed by atoms with Gasteiger partial charge in [-0.1, -0.05) is 12.1 Å². The lowest BCUT2D eigenvalue weighted by atomic mass is 10.2. The zero-order chi connectivity index (χ0) is 16.3. The Kier molecular flexibility index (Phi) is 4.87. The van der Waals surface area contributed by atoms with Gasteiger partial charge in [0, 0.05) is 29.8 Å². The molecule has 22 heavy (non-hydrogen) atoms. The van der Waals surface area contributed by atoms with Gasteiger partial charge in [-0.3, -0.25) is 9.52 Å². The van der Waals surface area contributed by atoms with Gasteiger partial charge in [-0.15, -0.1) is 0 Å². The third-order valence-corrected chi connectivity index (χ3v) is 5.50. The second-order valence-electron chi connectivity index (χ2n) is 4.66. The molecule has 0 bridgehead atoms. The van der Waals surface area contributed by atoms with Gasteiger partial charge in [0.15, 0.2) is 0 Å². The Labute approximate surface area is 138 Å². The van der Waals surface area contributed by atoms with Gasteiger partial charge < -0.3 is 4.90 Å². The Bertz CT molecular complexity index is 789. The van der Waals surface area contributed by atoms with Gasteiger partial charge in [-0.2, -0.15) is 0 Å². The summed E-state index contributed by atoms with van der Waals surface area (Å²) in [5.74, 6) is -0.0958. The van der Waals surface area contributed by atoms with Crippen molar-refractivity contribution in [3.05, 3.63) is 53.0 Å². The molecule has 0 fully saturated rings. The van der Waals surface area contributed by atoms with Gasteiger partial charge >= 0.3 is 0 Å². The van der Waals surface area contributed by atoms with Crippen molar-refractivity contribution >= 4 is 43.2 Å². The van der Waals surface area contributed by atoms with Gasteiger partial charge in [0.1, 0.15) is 4.90 Å². The van der Waals surface area contributed by atoms with Crippen molar-refractivity contribution in [3.8, 4) is 0 Å². The first-order valence-electron chi connectivity index (χ1n) is 6.43. The summed E-state index contributed by atoms with van der Waals surface area (Å²) in [7, 11) is -2.02. The third-order valence-electron chi connectivity index (χ3n) is 3.11. The van der Waals surface area contributed by atoms with E-state index in [0.29, 0.717) is 15.8 Å². The molecule has 0 aliphatic heterocycles. The van der Waals surface area contributed by atoms with Crippen LogP contribution in [0.25, 0.3) is 0 Å². The molecule has 0 radical (unpaired) electrons. The molecule has 0 unspecified atom stereocenters. The quantitative estimate of drug-likeness (QED) is 0.882. The number of amides is 1. The molecule has 116 valence electrons. The molecule has 0 saturated carbocycles. The van der Waals surface area contributed by atoms with E-state index in [4.69, 9.17) is 0 Å². The van der Waals surface area contributed by atoms with E-state index in [-0.39, 0.29) is 10.8 Å². The minimum atomic E-state index is -3.67. The van der Waals surface area contributed by atoms with Crippen LogP contribution in [-0.2, 0) is 14.8 Å². The highest BCUT2D eigenvalue weighted by atomic mass is 79.9. The van der Waals surface area contributed by atoms with Gasteiger partial charge in [-0.05, 0) is 52.3 Å². The van der Waals surface area contributed by atoms with Crippen molar-refractivity contribution in [1.29, 1.82) is 0 Å². The number of rotatable bonds is 4. The van der Waals surface area contributed by atoms with E-state index >= 15 is 0 Å². The van der Waals surface area contributed by atoms with Crippen LogP contribution in [0.5, 0.6) is 0 Å². The zero-order valence-corrected chi connectivity index (χ0v) is 14.5. The Morgan fingerprint density at radius 3 is 2.23 bits per heavy atom. The predicted molar refractivity (Wildman–Crippen MR) is 90.5 cm³/mol. The highest BCUT2D eigenvalue weighted by Crippen LogP contribution is 2.24. The van der Waals surface area contributed by atoms with Crippen molar-refractivity contribution in [3.63, 3.8) is 0 Å². The molecule has 5 nitrogen and oxygen atoms in total. The Hall–Kier alpha value is -1.86. The number of hydrogen-bond acceptors (Lipinski definition) is 3. The Morgan fingerprint density at radius 2 is 1.68 bits per heavy atom. The number of nitrogens with one attached hydrogen (secondary N) is 1. The summed E-state index contributed by atoms with van der Waals surface area (Å²) in [6.07, 6.45) is 0. The molecule has 1 amide bonds. The number of halogens is 1. The van der Waals surface area contributed by atoms with Gasteiger partial charge in [0.2, 0.25) is 5.91 Å². The molecule has 0 aliphatic carbocycles. The molecule has 0 heterocycles. The minimum absolute atomic E-state index is 0.0958. The maximum absolute atomic E-state index is 12.3. The van der Waals surface area contributed by atoms with Gasteiger partial charge in [0.25, 0.3) is 10.0 Å². The minimum Gasteiger partial charge on any atom is -0.316 e. The summed E-state index contributed by atoms with van der Waals surface area (Å²) in [6, 6.07) is 13.2. The van der Waals surface area contributed by atoms with Crippen molar-refractivity contribution < 1.29 is 13.2 Å². The van der Waals surface area contributed by atoms with E-state index in [1.165, 1.54) is 17.9 Å². The van der Waals surface area contributed by atoms with E-state index in [1.807, 2.05) is 0 Å². The molecule has 1 N–H and O–H groups in total. The number of sulfonamides is 1. The molecule has 0 atom stereocenters. The summed E-state index contributed by atoms with van der Waals surface area (Å²) >= 11 is 3.23. The number of anilines is 2. The molecule has 0 saturated heterocycles. The molecule has 2 aromatic carbocycles. The fourth-order valence-corrected chi connectivity index (χ4v) is 3.87. The van der Waals surface area contributed by atoms with E-state index in [1.54, 1.807) is 49.5 Å². The van der Waals surface area contributed by atoms with Gasteiger partial charge in [0.05, 0.1) is 0 Å². The van der Waals surface area contributed by atoms with Crippen LogP contribution in [0.15, 0.2) is 57.9 Å². The maximum Gasteiger partial charge on any atom is 0.263 e. The zero-order valence-electron chi connectivity index (χ0n) is 12.1. The number of carbonyl (C=O) groups is 1. The van der Waals surface area contributed by atoms with Crippen molar-refractivity contribution in [1.82, 2.24) is 0 Å². The second-order valence-corrected chi connectivity index (χ2v) is 7.17. The maximum atomic E-state index is 12.3. The monoisotopic (exact) mass is 382 g/mol. The van der Waals surface area contributed by atoms with Crippen LogP contribution in [0.2, 0.25) is 0 Å². The molecular formula is C15H15BrN2O3S. The number of hydrogen-bond donors (Lipinski definition) is 1. The van der Waals surface area contributed by atoms with Crippen LogP contribution in [0.1, 0.15) is 6.92 Å². The first-order chi connectivity index (χ1) is 10.3. The van der Waals surface area contributed by atoms with E-state index < -0.39 is 10.0 Å². The Morgan fingerprint density at radius 1 is 1.09 bits per heavy atom. The summed E-state index contributed by atoms with van der Waals surface area (Å²) < 4.78 is 27.7. The smallest absolute Gasteiger partial charge is 0.263 e. The summed E-state index contributed by atoms with van der Waals surface area (Å²) in [4.78, 5) is 12.9. The lowest BCUT2D eigenvalue weighted by Crippen LogP contribution is -2.22. The van der Waals surface area contributed by atoms with Crippen LogP contribution in [0, 0.1) is 0 Å². The normalized spacial score (nSPS) is 11.0. The summed E-state index contributed by atoms with van der Waals surface area (Å²) in [5.41, 5.74) is 1.12. The largest absolute Gasteiger partial charge is 0.316 e. The number of nitrogens with zero attached hydrogens (tertiary/aromatic N) is 1. The fraction of sp³-hybridized carbons (Fsp3) is 0.133. The van der Waals surface area contributed by atoms with E-state index in [9.17, 15) is 13.2 Å². The van der Waals surface area contributed by atoms with Crippen molar-refractivity contribution in [2.75, 3.05) is 16.7 Å². The van der Waals surface area contributed by atoms with E-state index in [2.05, 4.69) is 20.7 Å². The summed E-state index contributed by atoms with van der Waals surface area (Å²) in [6.45, 7) is 1.46. The van der Waals surface area contributed by atoms with Crippen LogP contribution >= 0.6 is 15.9 Å².